The first-order valence-electron chi connectivity index (χ1n) is 14.6. The number of sulfonamides is 1. The Hall–Kier alpha value is -3.28. The number of amides is 2. The van der Waals surface area contributed by atoms with Gasteiger partial charge in [0.2, 0.25) is 11.8 Å². The van der Waals surface area contributed by atoms with Crippen LogP contribution in [0.25, 0.3) is 0 Å². The molecule has 13 heteroatoms. The maximum atomic E-state index is 14.2. The minimum Gasteiger partial charge on any atom is -0.352 e. The molecule has 1 saturated carbocycles. The van der Waals surface area contributed by atoms with Crippen molar-refractivity contribution in [1.82, 2.24) is 10.2 Å². The third kappa shape index (κ3) is 8.51. The van der Waals surface area contributed by atoms with Gasteiger partial charge in [-0.3, -0.25) is 13.9 Å². The van der Waals surface area contributed by atoms with Crippen LogP contribution >= 0.6 is 23.2 Å². The van der Waals surface area contributed by atoms with Gasteiger partial charge in [-0.2, -0.15) is 13.2 Å². The Balaban J connectivity index is 1.77. The van der Waals surface area contributed by atoms with E-state index in [0.29, 0.717) is 21.0 Å². The van der Waals surface area contributed by atoms with E-state index in [4.69, 9.17) is 23.2 Å². The number of halogens is 5. The van der Waals surface area contributed by atoms with Crippen molar-refractivity contribution in [1.29, 1.82) is 0 Å². The van der Waals surface area contributed by atoms with Crippen molar-refractivity contribution >= 4 is 50.7 Å². The molecule has 0 radical (unpaired) electrons. The van der Waals surface area contributed by atoms with Crippen LogP contribution in [0.1, 0.15) is 56.6 Å². The second-order valence-corrected chi connectivity index (χ2v) is 13.5. The van der Waals surface area contributed by atoms with E-state index < -0.39 is 56.9 Å². The fourth-order valence-electron chi connectivity index (χ4n) is 5.41. The normalized spacial score (nSPS) is 14.9. The maximum Gasteiger partial charge on any atom is 0.417 e. The highest BCUT2D eigenvalue weighted by Gasteiger charge is 2.37. The molecule has 242 valence electrons. The summed E-state index contributed by atoms with van der Waals surface area (Å²) in [5.74, 6) is -1.20. The van der Waals surface area contributed by atoms with Crippen LogP contribution in [0.4, 0.5) is 18.9 Å². The summed E-state index contributed by atoms with van der Waals surface area (Å²) in [4.78, 5) is 28.8. The molecule has 1 aliphatic rings. The number of carbonyl (C=O) groups is 2. The molecule has 1 atom stereocenters. The fourth-order valence-corrected chi connectivity index (χ4v) is 7.26. The molecule has 1 fully saturated rings. The number of hydrogen-bond donors (Lipinski definition) is 1. The topological polar surface area (TPSA) is 86.8 Å². The molecule has 0 aromatic heterocycles. The molecule has 0 saturated heterocycles. The summed E-state index contributed by atoms with van der Waals surface area (Å²) >= 11 is 12.3. The molecule has 0 heterocycles. The van der Waals surface area contributed by atoms with E-state index in [1.807, 2.05) is 0 Å². The van der Waals surface area contributed by atoms with Crippen LogP contribution in [-0.2, 0) is 32.3 Å². The summed E-state index contributed by atoms with van der Waals surface area (Å²) in [6.07, 6.45) is -0.0648. The lowest BCUT2D eigenvalue weighted by atomic mass is 9.95. The van der Waals surface area contributed by atoms with E-state index in [-0.39, 0.29) is 23.9 Å². The molecule has 0 spiro atoms. The molecule has 3 aromatic carbocycles. The molecule has 45 heavy (non-hydrogen) atoms. The van der Waals surface area contributed by atoms with Crippen molar-refractivity contribution in [3.63, 3.8) is 0 Å². The largest absolute Gasteiger partial charge is 0.417 e. The molecule has 0 bridgehead atoms. The van der Waals surface area contributed by atoms with E-state index in [0.717, 1.165) is 44.2 Å². The molecule has 7 nitrogen and oxygen atoms in total. The summed E-state index contributed by atoms with van der Waals surface area (Å²) < 4.78 is 70.0. The standard InChI is InChI=1S/C32H34Cl2F3N3O4S/c1-2-29(31(42)38-23-12-5-3-6-13-23)39(20-22-11-9-10-16-27(22)33)30(41)21-40(45(43,44)25-14-7-4-8-15-25)24-17-18-28(34)26(19-24)32(35,36)37/h4,7-11,14-19,23,29H,2-3,5-6,12-13,20-21H2,1H3,(H,38,42)/t29-/m0/s1. The number of anilines is 1. The van der Waals surface area contributed by atoms with Crippen molar-refractivity contribution in [2.24, 2.45) is 0 Å². The van der Waals surface area contributed by atoms with Gasteiger partial charge in [0.1, 0.15) is 12.6 Å². The average Bonchev–Trinajstić information content (AvgIpc) is 3.01. The van der Waals surface area contributed by atoms with Crippen LogP contribution in [0.2, 0.25) is 10.0 Å². The Kier molecular flexibility index (Phi) is 11.4. The van der Waals surface area contributed by atoms with Crippen molar-refractivity contribution < 1.29 is 31.2 Å². The second kappa shape index (κ2) is 14.9. The smallest absolute Gasteiger partial charge is 0.352 e. The van der Waals surface area contributed by atoms with E-state index in [9.17, 15) is 31.2 Å². The Bertz CT molecular complexity index is 1600. The number of nitrogens with zero attached hydrogens (tertiary/aromatic N) is 2. The number of rotatable bonds is 11. The van der Waals surface area contributed by atoms with Gasteiger partial charge in [0.15, 0.2) is 0 Å². The van der Waals surface area contributed by atoms with Crippen LogP contribution in [0, 0.1) is 0 Å². The third-order valence-electron chi connectivity index (χ3n) is 7.79. The average molecular weight is 685 g/mol. The number of hydrogen-bond acceptors (Lipinski definition) is 4. The minimum absolute atomic E-state index is 0.0534. The number of alkyl halides is 3. The van der Waals surface area contributed by atoms with Gasteiger partial charge in [-0.1, -0.05) is 85.8 Å². The molecule has 3 aromatic rings. The van der Waals surface area contributed by atoms with Crippen molar-refractivity contribution in [2.75, 3.05) is 10.8 Å². The zero-order valence-electron chi connectivity index (χ0n) is 24.6. The Morgan fingerprint density at radius 3 is 2.20 bits per heavy atom. The molecule has 1 aliphatic carbocycles. The predicted molar refractivity (Wildman–Crippen MR) is 169 cm³/mol. The monoisotopic (exact) mass is 683 g/mol. The van der Waals surface area contributed by atoms with Gasteiger partial charge in [0.25, 0.3) is 10.0 Å². The van der Waals surface area contributed by atoms with Crippen molar-refractivity contribution in [3.05, 3.63) is 94.0 Å². The van der Waals surface area contributed by atoms with Gasteiger partial charge < -0.3 is 10.2 Å². The summed E-state index contributed by atoms with van der Waals surface area (Å²) in [6.45, 7) is 0.696. The van der Waals surface area contributed by atoms with Crippen LogP contribution in [0.5, 0.6) is 0 Å². The fraction of sp³-hybridized carbons (Fsp3) is 0.375. The molecule has 2 amide bonds. The highest BCUT2D eigenvalue weighted by Crippen LogP contribution is 2.38. The molecule has 1 N–H and O–H groups in total. The summed E-state index contributed by atoms with van der Waals surface area (Å²) in [6, 6.07) is 15.4. The van der Waals surface area contributed by atoms with Gasteiger partial charge in [-0.05, 0) is 61.2 Å². The zero-order valence-corrected chi connectivity index (χ0v) is 26.9. The van der Waals surface area contributed by atoms with Crippen molar-refractivity contribution in [3.8, 4) is 0 Å². The second-order valence-electron chi connectivity index (χ2n) is 10.9. The first-order chi connectivity index (χ1) is 21.3. The highest BCUT2D eigenvalue weighted by atomic mass is 35.5. The van der Waals surface area contributed by atoms with E-state index in [2.05, 4.69) is 5.32 Å². The lowest BCUT2D eigenvalue weighted by Gasteiger charge is -2.34. The van der Waals surface area contributed by atoms with Gasteiger partial charge in [-0.15, -0.1) is 0 Å². The Morgan fingerprint density at radius 1 is 0.933 bits per heavy atom. The van der Waals surface area contributed by atoms with Gasteiger partial charge in [-0.25, -0.2) is 8.42 Å². The maximum absolute atomic E-state index is 14.2. The Morgan fingerprint density at radius 2 is 1.58 bits per heavy atom. The van der Waals surface area contributed by atoms with Crippen molar-refractivity contribution in [2.45, 2.75) is 75.1 Å². The minimum atomic E-state index is -4.89. The summed E-state index contributed by atoms with van der Waals surface area (Å²) in [5, 5.41) is 2.75. The molecular weight excluding hydrogens is 650 g/mol. The lowest BCUT2D eigenvalue weighted by molar-refractivity contribution is -0.140. The van der Waals surface area contributed by atoms with Gasteiger partial charge in [0, 0.05) is 17.6 Å². The molecule has 0 unspecified atom stereocenters. The molecule has 0 aliphatic heterocycles. The van der Waals surface area contributed by atoms with E-state index >= 15 is 0 Å². The van der Waals surface area contributed by atoms with E-state index in [1.54, 1.807) is 37.3 Å². The Labute approximate surface area is 271 Å². The molecular formula is C32H34Cl2F3N3O4S. The quantitative estimate of drug-likeness (QED) is 0.227. The zero-order chi connectivity index (χ0) is 32.8. The summed E-state index contributed by atoms with van der Waals surface area (Å²) in [5.41, 5.74) is -1.16. The van der Waals surface area contributed by atoms with Crippen LogP contribution in [0.3, 0.4) is 0 Å². The number of nitrogens with one attached hydrogen (secondary N) is 1. The first kappa shape index (κ1) is 34.6. The van der Waals surface area contributed by atoms with Gasteiger partial charge in [0.05, 0.1) is 21.2 Å². The SMILES string of the molecule is CC[C@@H](C(=O)NC1CCCCC1)N(Cc1ccccc1Cl)C(=O)CN(c1ccc(Cl)c(C(F)(F)F)c1)S(=O)(=O)c1ccccc1. The van der Waals surface area contributed by atoms with E-state index in [1.165, 1.54) is 29.2 Å². The van der Waals surface area contributed by atoms with Crippen LogP contribution in [0.15, 0.2) is 77.7 Å². The van der Waals surface area contributed by atoms with Gasteiger partial charge >= 0.3 is 6.18 Å². The molecule has 4 rings (SSSR count). The first-order valence-corrected chi connectivity index (χ1v) is 16.8. The highest BCUT2D eigenvalue weighted by molar-refractivity contribution is 7.92. The predicted octanol–water partition coefficient (Wildman–Crippen LogP) is 7.46. The van der Waals surface area contributed by atoms with Crippen LogP contribution < -0.4 is 9.62 Å². The third-order valence-corrected chi connectivity index (χ3v) is 10.3. The van der Waals surface area contributed by atoms with Crippen LogP contribution in [-0.4, -0.2) is 43.8 Å². The summed E-state index contributed by atoms with van der Waals surface area (Å²) in [7, 11) is -4.57. The number of benzene rings is 3. The lowest BCUT2D eigenvalue weighted by Crippen LogP contribution is -2.54. The number of carbonyl (C=O) groups excluding carboxylic acids is 2.